The van der Waals surface area contributed by atoms with E-state index >= 15 is 0 Å². The largest absolute Gasteiger partial charge is 0.322 e. The summed E-state index contributed by atoms with van der Waals surface area (Å²) >= 11 is 0. The predicted molar refractivity (Wildman–Crippen MR) is 55.6 cm³/mol. The second-order valence-corrected chi connectivity index (χ2v) is 5.10. The lowest BCUT2D eigenvalue weighted by atomic mass is 10.1. The van der Waals surface area contributed by atoms with Crippen LogP contribution in [0.15, 0.2) is 0 Å². The highest BCUT2D eigenvalue weighted by Crippen LogP contribution is 2.39. The molecule has 2 rings (SSSR count). The highest BCUT2D eigenvalue weighted by molar-refractivity contribution is 5.84. The van der Waals surface area contributed by atoms with Gasteiger partial charge in [0.2, 0.25) is 5.91 Å². The average molecular weight is 196 g/mol. The Labute approximate surface area is 85.8 Å². The van der Waals surface area contributed by atoms with Crippen LogP contribution in [-0.4, -0.2) is 29.1 Å². The molecule has 3 nitrogen and oxygen atoms in total. The summed E-state index contributed by atoms with van der Waals surface area (Å²) in [6.07, 6.45) is 1.44. The molecule has 0 aromatic carbocycles. The number of carbonyl (C=O) groups is 1. The first-order valence-electron chi connectivity index (χ1n) is 5.60. The van der Waals surface area contributed by atoms with Crippen LogP contribution in [0.4, 0.5) is 0 Å². The lowest BCUT2D eigenvalue weighted by Crippen LogP contribution is -2.43. The Kier molecular flexibility index (Phi) is 2.30. The zero-order valence-corrected chi connectivity index (χ0v) is 9.45. The van der Waals surface area contributed by atoms with Crippen molar-refractivity contribution in [1.82, 2.24) is 10.2 Å². The third-order valence-corrected chi connectivity index (χ3v) is 3.40. The van der Waals surface area contributed by atoms with Gasteiger partial charge in [0.25, 0.3) is 0 Å². The van der Waals surface area contributed by atoms with Crippen LogP contribution in [0.2, 0.25) is 0 Å². The van der Waals surface area contributed by atoms with Crippen molar-refractivity contribution in [2.45, 2.75) is 52.4 Å². The van der Waals surface area contributed by atoms with E-state index in [-0.39, 0.29) is 18.1 Å². The molecule has 4 atom stereocenters. The molecule has 1 heterocycles. The average Bonchev–Trinajstić information content (AvgIpc) is 2.72. The van der Waals surface area contributed by atoms with Crippen LogP contribution in [0.1, 0.15) is 34.1 Å². The van der Waals surface area contributed by atoms with Gasteiger partial charge in [-0.3, -0.25) is 10.1 Å². The van der Waals surface area contributed by atoms with Crippen LogP contribution in [0.3, 0.4) is 0 Å². The molecule has 80 valence electrons. The molecule has 1 amide bonds. The summed E-state index contributed by atoms with van der Waals surface area (Å²) in [5.74, 6) is 1.49. The van der Waals surface area contributed by atoms with Crippen molar-refractivity contribution in [3.8, 4) is 0 Å². The van der Waals surface area contributed by atoms with Gasteiger partial charge >= 0.3 is 0 Å². The zero-order chi connectivity index (χ0) is 10.5. The summed E-state index contributed by atoms with van der Waals surface area (Å²) in [5, 5.41) is 3.37. The maximum absolute atomic E-state index is 11.9. The number of amides is 1. The minimum absolute atomic E-state index is 0.00944. The Bertz CT molecular complexity index is 252. The molecule has 1 saturated heterocycles. The molecule has 3 heteroatoms. The zero-order valence-electron chi connectivity index (χ0n) is 9.45. The number of hydrogen-bond donors (Lipinski definition) is 1. The quantitative estimate of drug-likeness (QED) is 0.719. The van der Waals surface area contributed by atoms with Crippen LogP contribution < -0.4 is 5.32 Å². The molecule has 0 aromatic heterocycles. The fourth-order valence-electron chi connectivity index (χ4n) is 2.34. The minimum atomic E-state index is 0.00944. The van der Waals surface area contributed by atoms with E-state index in [1.165, 1.54) is 6.42 Å². The van der Waals surface area contributed by atoms with Crippen LogP contribution in [0.25, 0.3) is 0 Å². The summed E-state index contributed by atoms with van der Waals surface area (Å²) in [7, 11) is 0. The van der Waals surface area contributed by atoms with Crippen molar-refractivity contribution in [3.05, 3.63) is 0 Å². The lowest BCUT2D eigenvalue weighted by molar-refractivity contribution is -0.131. The Morgan fingerprint density at radius 2 is 2.00 bits per heavy atom. The van der Waals surface area contributed by atoms with E-state index in [1.54, 1.807) is 0 Å². The molecular formula is C11H20N2O. The number of nitrogens with one attached hydrogen (secondary N) is 1. The van der Waals surface area contributed by atoms with Crippen molar-refractivity contribution in [2.75, 3.05) is 0 Å². The molecule has 14 heavy (non-hydrogen) atoms. The van der Waals surface area contributed by atoms with Gasteiger partial charge in [-0.2, -0.15) is 0 Å². The third-order valence-electron chi connectivity index (χ3n) is 3.40. The first-order valence-corrected chi connectivity index (χ1v) is 5.60. The van der Waals surface area contributed by atoms with Crippen LogP contribution in [0.5, 0.6) is 0 Å². The summed E-state index contributed by atoms with van der Waals surface area (Å²) in [6, 6.07) is 0.516. The molecule has 1 saturated carbocycles. The molecule has 0 radical (unpaired) electrons. The summed E-state index contributed by atoms with van der Waals surface area (Å²) < 4.78 is 0. The fraction of sp³-hybridized carbons (Fsp3) is 0.909. The Hall–Kier alpha value is -0.570. The highest BCUT2D eigenvalue weighted by atomic mass is 16.2. The van der Waals surface area contributed by atoms with Gasteiger partial charge in [-0.05, 0) is 25.2 Å². The van der Waals surface area contributed by atoms with Crippen LogP contribution >= 0.6 is 0 Å². The van der Waals surface area contributed by atoms with E-state index in [0.29, 0.717) is 17.9 Å². The standard InChI is InChI=1S/C11H20N2O/c1-6(2)10-12-8(4)11(14)13(10)9-5-7(9)3/h6-10,12H,5H2,1-4H3. The second kappa shape index (κ2) is 3.23. The Morgan fingerprint density at radius 3 is 2.43 bits per heavy atom. The van der Waals surface area contributed by atoms with Gasteiger partial charge in [0.05, 0.1) is 12.2 Å². The number of carbonyl (C=O) groups excluding carboxylic acids is 1. The monoisotopic (exact) mass is 196 g/mol. The molecule has 1 aliphatic carbocycles. The van der Waals surface area contributed by atoms with Gasteiger partial charge in [0.15, 0.2) is 0 Å². The number of nitrogens with zero attached hydrogens (tertiary/aromatic N) is 1. The fourth-order valence-corrected chi connectivity index (χ4v) is 2.34. The van der Waals surface area contributed by atoms with Crippen molar-refractivity contribution in [1.29, 1.82) is 0 Å². The first kappa shape index (κ1) is 9.97. The summed E-state index contributed by atoms with van der Waals surface area (Å²) in [6.45, 7) is 8.52. The maximum atomic E-state index is 11.9. The van der Waals surface area contributed by atoms with Gasteiger partial charge in [-0.1, -0.05) is 20.8 Å². The third kappa shape index (κ3) is 1.44. The first-order chi connectivity index (χ1) is 6.52. The van der Waals surface area contributed by atoms with Gasteiger partial charge in [-0.15, -0.1) is 0 Å². The molecule has 1 aliphatic heterocycles. The number of rotatable bonds is 2. The smallest absolute Gasteiger partial charge is 0.240 e. The molecule has 2 aliphatic rings. The predicted octanol–water partition coefficient (Wildman–Crippen LogP) is 1.20. The minimum Gasteiger partial charge on any atom is -0.322 e. The Morgan fingerprint density at radius 1 is 1.43 bits per heavy atom. The van der Waals surface area contributed by atoms with Crippen molar-refractivity contribution < 1.29 is 4.79 Å². The van der Waals surface area contributed by atoms with Gasteiger partial charge < -0.3 is 4.90 Å². The van der Waals surface area contributed by atoms with Crippen molar-refractivity contribution in [3.63, 3.8) is 0 Å². The highest BCUT2D eigenvalue weighted by Gasteiger charge is 2.49. The second-order valence-electron chi connectivity index (χ2n) is 5.10. The normalized spacial score (nSPS) is 42.4. The lowest BCUT2D eigenvalue weighted by Gasteiger charge is -2.27. The van der Waals surface area contributed by atoms with Gasteiger partial charge in [0.1, 0.15) is 0 Å². The van der Waals surface area contributed by atoms with E-state index < -0.39 is 0 Å². The van der Waals surface area contributed by atoms with Crippen molar-refractivity contribution >= 4 is 5.91 Å². The van der Waals surface area contributed by atoms with Crippen molar-refractivity contribution in [2.24, 2.45) is 11.8 Å². The van der Waals surface area contributed by atoms with Gasteiger partial charge in [0, 0.05) is 6.04 Å². The molecule has 0 bridgehead atoms. The Balaban J connectivity index is 2.13. The molecule has 0 aromatic rings. The SMILES string of the molecule is CC1NC(C(C)C)N(C2CC2C)C1=O. The topological polar surface area (TPSA) is 32.3 Å². The maximum Gasteiger partial charge on any atom is 0.240 e. The molecular weight excluding hydrogens is 176 g/mol. The van der Waals surface area contributed by atoms with Crippen LogP contribution in [-0.2, 0) is 4.79 Å². The molecule has 1 N–H and O–H groups in total. The van der Waals surface area contributed by atoms with E-state index in [4.69, 9.17) is 0 Å². The van der Waals surface area contributed by atoms with Crippen LogP contribution in [0, 0.1) is 11.8 Å². The summed E-state index contributed by atoms with van der Waals surface area (Å²) in [4.78, 5) is 14.0. The van der Waals surface area contributed by atoms with E-state index in [1.807, 2.05) is 6.92 Å². The molecule has 0 spiro atoms. The van der Waals surface area contributed by atoms with E-state index in [2.05, 4.69) is 31.0 Å². The summed E-state index contributed by atoms with van der Waals surface area (Å²) in [5.41, 5.74) is 0. The van der Waals surface area contributed by atoms with E-state index in [0.717, 1.165) is 0 Å². The molecule has 2 fully saturated rings. The molecule has 4 unspecified atom stereocenters. The number of hydrogen-bond acceptors (Lipinski definition) is 2. The van der Waals surface area contributed by atoms with E-state index in [9.17, 15) is 4.79 Å². The van der Waals surface area contributed by atoms with Gasteiger partial charge in [-0.25, -0.2) is 0 Å².